The first-order valence-corrected chi connectivity index (χ1v) is 7.16. The molecule has 2 aromatic rings. The summed E-state index contributed by atoms with van der Waals surface area (Å²) in [6.07, 6.45) is 0.782. The van der Waals surface area contributed by atoms with Crippen molar-refractivity contribution >= 4 is 47.0 Å². The molecule has 0 spiro atoms. The molecule has 1 amide bonds. The molecule has 0 saturated heterocycles. The number of amides is 1. The molecular weight excluding hydrogens is 353 g/mol. The second-order valence-electron chi connectivity index (χ2n) is 4.18. The molecule has 0 aliphatic rings. The maximum Gasteiger partial charge on any atom is 0.289 e. The van der Waals surface area contributed by atoms with Crippen LogP contribution in [-0.4, -0.2) is 22.2 Å². The van der Waals surface area contributed by atoms with Crippen LogP contribution in [0.3, 0.4) is 0 Å². The molecule has 22 heavy (non-hydrogen) atoms. The van der Waals surface area contributed by atoms with Crippen molar-refractivity contribution in [3.8, 4) is 5.75 Å². The summed E-state index contributed by atoms with van der Waals surface area (Å²) in [6.45, 7) is 0. The number of ether oxygens (including phenoxy) is 1. The Balaban J connectivity index is 2.12. The van der Waals surface area contributed by atoms with Crippen LogP contribution in [0.25, 0.3) is 0 Å². The lowest BCUT2D eigenvalue weighted by Crippen LogP contribution is -2.47. The fraction of sp³-hybridized carbons (Fsp3) is 0.143. The fourth-order valence-corrected chi connectivity index (χ4v) is 1.83. The molecule has 1 N–H and O–H groups in total. The minimum atomic E-state index is -1.91. The molecule has 1 aromatic carbocycles. The highest BCUT2D eigenvalue weighted by Gasteiger charge is 2.36. The Morgan fingerprint density at radius 1 is 1.23 bits per heavy atom. The van der Waals surface area contributed by atoms with E-state index in [9.17, 15) is 9.59 Å². The average Bonchev–Trinajstić information content (AvgIpc) is 3.00. The van der Waals surface area contributed by atoms with Crippen LogP contribution in [0.2, 0.25) is 0 Å². The Bertz CT molecular complexity index is 635. The lowest BCUT2D eigenvalue weighted by Gasteiger charge is -2.25. The van der Waals surface area contributed by atoms with E-state index in [4.69, 9.17) is 44.0 Å². The minimum absolute atomic E-state index is 0.0548. The standard InChI is InChI=1S/C14H10Cl3NO4/c15-14(16,17)13(18-12(20)11-2-1-7-21-11)22-10-5-3-9(8-19)4-6-10/h1-8,13H,(H,18,20)/t13-/m0/s1. The number of halogens is 3. The van der Waals surface area contributed by atoms with Crippen LogP contribution in [0.5, 0.6) is 5.75 Å². The van der Waals surface area contributed by atoms with Gasteiger partial charge in [0.05, 0.1) is 6.26 Å². The second-order valence-corrected chi connectivity index (χ2v) is 6.55. The molecule has 0 radical (unpaired) electrons. The molecular formula is C14H10Cl3NO4. The van der Waals surface area contributed by atoms with Crippen LogP contribution in [0.1, 0.15) is 20.9 Å². The lowest BCUT2D eigenvalue weighted by molar-refractivity contribution is 0.0805. The van der Waals surface area contributed by atoms with Crippen LogP contribution in [0.4, 0.5) is 0 Å². The van der Waals surface area contributed by atoms with Crippen LogP contribution in [0, 0.1) is 0 Å². The summed E-state index contributed by atoms with van der Waals surface area (Å²) in [4.78, 5) is 22.6. The molecule has 0 aliphatic heterocycles. The third-order valence-electron chi connectivity index (χ3n) is 2.57. The Morgan fingerprint density at radius 3 is 2.41 bits per heavy atom. The number of alkyl halides is 3. The highest BCUT2D eigenvalue weighted by atomic mass is 35.6. The van der Waals surface area contributed by atoms with Crippen molar-refractivity contribution in [1.82, 2.24) is 5.32 Å². The van der Waals surface area contributed by atoms with E-state index in [0.717, 1.165) is 0 Å². The van der Waals surface area contributed by atoms with Gasteiger partial charge in [0.1, 0.15) is 12.0 Å². The smallest absolute Gasteiger partial charge is 0.289 e. The maximum absolute atomic E-state index is 11.9. The summed E-state index contributed by atoms with van der Waals surface area (Å²) in [5, 5.41) is 2.42. The predicted molar refractivity (Wildman–Crippen MR) is 82.7 cm³/mol. The van der Waals surface area contributed by atoms with Crippen LogP contribution >= 0.6 is 34.8 Å². The zero-order valence-electron chi connectivity index (χ0n) is 11.0. The molecule has 2 rings (SSSR count). The van der Waals surface area contributed by atoms with Crippen molar-refractivity contribution in [3.05, 3.63) is 54.0 Å². The molecule has 0 unspecified atom stereocenters. The summed E-state index contributed by atoms with van der Waals surface area (Å²) in [5.41, 5.74) is 0.470. The first kappa shape index (κ1) is 16.7. The van der Waals surface area contributed by atoms with Crippen molar-refractivity contribution < 1.29 is 18.7 Å². The topological polar surface area (TPSA) is 68.5 Å². The summed E-state index contributed by atoms with van der Waals surface area (Å²) in [7, 11) is 0. The van der Waals surface area contributed by atoms with E-state index in [-0.39, 0.29) is 5.76 Å². The second kappa shape index (κ2) is 7.05. The highest BCUT2D eigenvalue weighted by molar-refractivity contribution is 6.68. The summed E-state index contributed by atoms with van der Waals surface area (Å²) in [6, 6.07) is 9.12. The van der Waals surface area contributed by atoms with E-state index >= 15 is 0 Å². The van der Waals surface area contributed by atoms with Gasteiger partial charge in [-0.05, 0) is 36.4 Å². The van der Waals surface area contributed by atoms with Crippen molar-refractivity contribution in [2.24, 2.45) is 0 Å². The first-order chi connectivity index (χ1) is 10.4. The molecule has 1 aromatic heterocycles. The Morgan fingerprint density at radius 2 is 1.91 bits per heavy atom. The van der Waals surface area contributed by atoms with Gasteiger partial charge >= 0.3 is 0 Å². The molecule has 0 aliphatic carbocycles. The average molecular weight is 363 g/mol. The number of carbonyl (C=O) groups excluding carboxylic acids is 2. The number of rotatable bonds is 5. The van der Waals surface area contributed by atoms with E-state index < -0.39 is 15.9 Å². The number of hydrogen-bond donors (Lipinski definition) is 1. The van der Waals surface area contributed by atoms with Crippen molar-refractivity contribution in [3.63, 3.8) is 0 Å². The number of aldehydes is 1. The van der Waals surface area contributed by atoms with Gasteiger partial charge in [0.15, 0.2) is 5.76 Å². The third-order valence-corrected chi connectivity index (χ3v) is 3.17. The monoisotopic (exact) mass is 361 g/mol. The largest absolute Gasteiger partial charge is 0.466 e. The normalized spacial score (nSPS) is 12.5. The molecule has 0 saturated carbocycles. The quantitative estimate of drug-likeness (QED) is 0.501. The lowest BCUT2D eigenvalue weighted by atomic mass is 10.2. The van der Waals surface area contributed by atoms with Gasteiger partial charge in [0.2, 0.25) is 10.0 Å². The number of nitrogens with one attached hydrogen (secondary N) is 1. The first-order valence-electron chi connectivity index (χ1n) is 6.03. The van der Waals surface area contributed by atoms with Gasteiger partial charge in [0, 0.05) is 5.56 Å². The van der Waals surface area contributed by atoms with Gasteiger partial charge in [-0.2, -0.15) is 0 Å². The number of benzene rings is 1. The third kappa shape index (κ3) is 4.40. The predicted octanol–water partition coefficient (Wildman–Crippen LogP) is 3.60. The highest BCUT2D eigenvalue weighted by Crippen LogP contribution is 2.32. The van der Waals surface area contributed by atoms with E-state index in [1.54, 1.807) is 6.07 Å². The van der Waals surface area contributed by atoms with Gasteiger partial charge in [-0.1, -0.05) is 34.8 Å². The van der Waals surface area contributed by atoms with E-state index in [1.165, 1.54) is 36.6 Å². The van der Waals surface area contributed by atoms with Crippen LogP contribution < -0.4 is 10.1 Å². The van der Waals surface area contributed by atoms with Gasteiger partial charge in [-0.25, -0.2) is 0 Å². The van der Waals surface area contributed by atoms with Crippen molar-refractivity contribution in [2.75, 3.05) is 0 Å². The SMILES string of the molecule is O=Cc1ccc(O[C@H](NC(=O)c2ccco2)C(Cl)(Cl)Cl)cc1. The van der Waals surface area contributed by atoms with Crippen molar-refractivity contribution in [1.29, 1.82) is 0 Å². The molecule has 0 bridgehead atoms. The van der Waals surface area contributed by atoms with E-state index in [2.05, 4.69) is 5.32 Å². The molecule has 1 atom stereocenters. The van der Waals surface area contributed by atoms with Gasteiger partial charge in [-0.3, -0.25) is 9.59 Å². The van der Waals surface area contributed by atoms with E-state index in [0.29, 0.717) is 17.6 Å². The van der Waals surface area contributed by atoms with Gasteiger partial charge in [0.25, 0.3) is 5.91 Å². The minimum Gasteiger partial charge on any atom is -0.466 e. The Hall–Kier alpha value is -1.69. The summed E-state index contributed by atoms with van der Waals surface area (Å²) < 4.78 is 8.50. The molecule has 1 heterocycles. The summed E-state index contributed by atoms with van der Waals surface area (Å²) >= 11 is 17.5. The Kier molecular flexibility index (Phi) is 5.34. The number of carbonyl (C=O) groups is 2. The van der Waals surface area contributed by atoms with Crippen LogP contribution in [0.15, 0.2) is 47.1 Å². The fourth-order valence-electron chi connectivity index (χ4n) is 1.54. The zero-order chi connectivity index (χ0) is 16.2. The van der Waals surface area contributed by atoms with Crippen LogP contribution in [-0.2, 0) is 0 Å². The molecule has 116 valence electrons. The Labute approximate surface area is 141 Å². The molecule has 5 nitrogen and oxygen atoms in total. The molecule has 8 heteroatoms. The maximum atomic E-state index is 11.9. The van der Waals surface area contributed by atoms with E-state index in [1.807, 2.05) is 0 Å². The molecule has 0 fully saturated rings. The zero-order valence-corrected chi connectivity index (χ0v) is 13.2. The van der Waals surface area contributed by atoms with Gasteiger partial charge in [-0.15, -0.1) is 0 Å². The number of furan rings is 1. The summed E-state index contributed by atoms with van der Waals surface area (Å²) in [5.74, 6) is -0.216. The number of hydrogen-bond acceptors (Lipinski definition) is 4. The van der Waals surface area contributed by atoms with Gasteiger partial charge < -0.3 is 14.5 Å². The van der Waals surface area contributed by atoms with Crippen molar-refractivity contribution in [2.45, 2.75) is 10.0 Å².